The lowest BCUT2D eigenvalue weighted by Crippen LogP contribution is -2.23. The Morgan fingerprint density at radius 3 is 2.08 bits per heavy atom. The Labute approximate surface area is 76.5 Å². The molecule has 0 radical (unpaired) electrons. The topological polar surface area (TPSA) is 34.1 Å². The lowest BCUT2D eigenvalue weighted by Gasteiger charge is -2.11. The Hall–Kier alpha value is -1.04. The molecule has 13 heavy (non-hydrogen) atoms. The fraction of sp³-hybridized carbons (Fsp3) is 0.143. The van der Waals surface area contributed by atoms with Crippen molar-refractivity contribution in [1.29, 1.82) is 0 Å². The van der Waals surface area contributed by atoms with Crippen LogP contribution in [-0.2, 0) is 9.59 Å². The zero-order valence-corrected chi connectivity index (χ0v) is 6.95. The van der Waals surface area contributed by atoms with Crippen LogP contribution in [0.4, 0.5) is 13.2 Å². The number of rotatable bonds is 0. The average Bonchev–Trinajstić information content (AvgIpc) is 1.94. The van der Waals surface area contributed by atoms with Gasteiger partial charge in [0.25, 0.3) is 0 Å². The summed E-state index contributed by atoms with van der Waals surface area (Å²) >= 11 is 3.53. The molecule has 0 aliphatic heterocycles. The van der Waals surface area contributed by atoms with Gasteiger partial charge in [-0.25, -0.2) is 0 Å². The van der Waals surface area contributed by atoms with Gasteiger partial charge in [0.05, 0.1) is 4.91 Å². The molecule has 0 amide bonds. The maximum atomic E-state index is 12.0. The second-order valence-corrected chi connectivity index (χ2v) is 2.80. The van der Waals surface area contributed by atoms with Crippen molar-refractivity contribution in [1.82, 2.24) is 0 Å². The number of allylic oxidation sites excluding steroid dienone is 4. The summed E-state index contributed by atoms with van der Waals surface area (Å²) in [6, 6.07) is 0. The summed E-state index contributed by atoms with van der Waals surface area (Å²) in [5, 5.41) is 0. The highest BCUT2D eigenvalue weighted by molar-refractivity contribution is 7.85. The van der Waals surface area contributed by atoms with Crippen molar-refractivity contribution in [2.45, 2.75) is 6.18 Å². The van der Waals surface area contributed by atoms with E-state index in [4.69, 9.17) is 0 Å². The number of carbonyl (C=O) groups excluding carboxylic acids is 2. The number of thiol groups is 1. The molecule has 0 N–H and O–H groups in total. The van der Waals surface area contributed by atoms with Crippen LogP contribution in [0.1, 0.15) is 0 Å². The second-order valence-electron chi connectivity index (χ2n) is 2.31. The van der Waals surface area contributed by atoms with Crippen LogP contribution >= 0.6 is 12.6 Å². The zero-order chi connectivity index (χ0) is 10.2. The highest BCUT2D eigenvalue weighted by Crippen LogP contribution is 2.29. The minimum Gasteiger partial charge on any atom is -0.289 e. The average molecular weight is 208 g/mol. The number of alkyl halides is 3. The van der Waals surface area contributed by atoms with Gasteiger partial charge in [0, 0.05) is 12.2 Å². The summed E-state index contributed by atoms with van der Waals surface area (Å²) in [5.41, 5.74) is -1.45. The lowest BCUT2D eigenvalue weighted by molar-refractivity contribution is -0.127. The predicted octanol–water partition coefficient (Wildman–Crippen LogP) is 1.44. The van der Waals surface area contributed by atoms with Gasteiger partial charge < -0.3 is 0 Å². The molecule has 0 unspecified atom stereocenters. The predicted molar refractivity (Wildman–Crippen MR) is 41.2 cm³/mol. The molecule has 1 rings (SSSR count). The van der Waals surface area contributed by atoms with E-state index in [2.05, 4.69) is 12.6 Å². The first kappa shape index (κ1) is 10.0. The van der Waals surface area contributed by atoms with Crippen molar-refractivity contribution in [2.75, 3.05) is 0 Å². The maximum Gasteiger partial charge on any atom is 0.420 e. The molecule has 2 nitrogen and oxygen atoms in total. The first-order valence-corrected chi connectivity index (χ1v) is 3.55. The summed E-state index contributed by atoms with van der Waals surface area (Å²) in [7, 11) is 0. The van der Waals surface area contributed by atoms with E-state index in [0.717, 1.165) is 0 Å². The highest BCUT2D eigenvalue weighted by Gasteiger charge is 2.40. The van der Waals surface area contributed by atoms with E-state index in [0.29, 0.717) is 6.08 Å². The quantitative estimate of drug-likeness (QED) is 0.482. The van der Waals surface area contributed by atoms with Crippen LogP contribution in [0, 0.1) is 0 Å². The first-order valence-electron chi connectivity index (χ1n) is 3.10. The summed E-state index contributed by atoms with van der Waals surface area (Å²) in [4.78, 5) is 21.2. The Morgan fingerprint density at radius 2 is 1.62 bits per heavy atom. The lowest BCUT2D eigenvalue weighted by atomic mass is 10.0. The molecule has 0 fully saturated rings. The molecule has 70 valence electrons. The number of ketones is 2. The van der Waals surface area contributed by atoms with Crippen LogP contribution in [0.2, 0.25) is 0 Å². The Kier molecular flexibility index (Phi) is 2.34. The largest absolute Gasteiger partial charge is 0.420 e. The van der Waals surface area contributed by atoms with Crippen molar-refractivity contribution in [2.24, 2.45) is 0 Å². The fourth-order valence-electron chi connectivity index (χ4n) is 0.771. The molecule has 1 aliphatic carbocycles. The monoisotopic (exact) mass is 208 g/mol. The van der Waals surface area contributed by atoms with Crippen LogP contribution in [0.15, 0.2) is 22.6 Å². The Balaban J connectivity index is 3.11. The van der Waals surface area contributed by atoms with Gasteiger partial charge in [-0.2, -0.15) is 13.2 Å². The number of halogens is 3. The third kappa shape index (κ3) is 2.00. The molecular formula is C7H3F3O2S. The minimum absolute atomic E-state index is 0.255. The molecule has 0 aromatic carbocycles. The van der Waals surface area contributed by atoms with Gasteiger partial charge in [-0.05, 0) is 0 Å². The number of hydrogen-bond donors (Lipinski definition) is 1. The van der Waals surface area contributed by atoms with Crippen molar-refractivity contribution in [3.8, 4) is 0 Å². The van der Waals surface area contributed by atoms with Gasteiger partial charge in [0.2, 0.25) is 0 Å². The number of hydrogen-bond acceptors (Lipinski definition) is 3. The van der Waals surface area contributed by atoms with Crippen molar-refractivity contribution < 1.29 is 22.8 Å². The fourth-order valence-corrected chi connectivity index (χ4v) is 0.953. The first-order chi connectivity index (χ1) is 5.82. The van der Waals surface area contributed by atoms with Crippen LogP contribution in [-0.4, -0.2) is 17.7 Å². The van der Waals surface area contributed by atoms with Crippen molar-refractivity contribution in [3.63, 3.8) is 0 Å². The molecule has 0 saturated heterocycles. The third-order valence-corrected chi connectivity index (χ3v) is 1.72. The van der Waals surface area contributed by atoms with E-state index in [9.17, 15) is 22.8 Å². The third-order valence-electron chi connectivity index (χ3n) is 1.37. The Bertz CT molecular complexity index is 338. The summed E-state index contributed by atoms with van der Waals surface area (Å²) < 4.78 is 36.0. The smallest absolute Gasteiger partial charge is 0.289 e. The SMILES string of the molecule is O=C1C=C(C(F)(F)F)C(=O)C=C1S. The van der Waals surface area contributed by atoms with Crippen LogP contribution < -0.4 is 0 Å². The molecule has 0 aromatic rings. The van der Waals surface area contributed by atoms with Gasteiger partial charge in [0.1, 0.15) is 5.57 Å². The standard InChI is InChI=1S/C7H3F3O2S/c8-7(9,10)3-1-5(12)6(13)2-4(3)11/h1-2,13H. The van der Waals surface area contributed by atoms with Crippen LogP contribution in [0.25, 0.3) is 0 Å². The molecular weight excluding hydrogens is 205 g/mol. The van der Waals surface area contributed by atoms with Crippen molar-refractivity contribution >= 4 is 24.2 Å². The molecule has 1 aliphatic rings. The Morgan fingerprint density at radius 1 is 1.08 bits per heavy atom. The summed E-state index contributed by atoms with van der Waals surface area (Å²) in [6.07, 6.45) is -3.96. The number of carbonyl (C=O) groups is 2. The van der Waals surface area contributed by atoms with Gasteiger partial charge in [-0.1, -0.05) is 0 Å². The van der Waals surface area contributed by atoms with Crippen LogP contribution in [0.3, 0.4) is 0 Å². The van der Waals surface area contributed by atoms with Crippen molar-refractivity contribution in [3.05, 3.63) is 22.6 Å². The highest BCUT2D eigenvalue weighted by atomic mass is 32.1. The van der Waals surface area contributed by atoms with E-state index >= 15 is 0 Å². The maximum absolute atomic E-state index is 12.0. The minimum atomic E-state index is -4.78. The molecule has 0 spiro atoms. The molecule has 0 saturated carbocycles. The molecule has 0 bridgehead atoms. The molecule has 0 heterocycles. The zero-order valence-electron chi connectivity index (χ0n) is 6.05. The summed E-state index contributed by atoms with van der Waals surface area (Å²) in [6.45, 7) is 0. The van der Waals surface area contributed by atoms with E-state index in [1.54, 1.807) is 0 Å². The van der Waals surface area contributed by atoms with Gasteiger partial charge in [-0.3, -0.25) is 9.59 Å². The normalized spacial score (nSPS) is 18.5. The second kappa shape index (κ2) is 3.02. The molecule has 0 atom stereocenters. The van der Waals surface area contributed by atoms with E-state index in [1.165, 1.54) is 0 Å². The van der Waals surface area contributed by atoms with Gasteiger partial charge in [0.15, 0.2) is 11.6 Å². The van der Waals surface area contributed by atoms with Crippen LogP contribution in [0.5, 0.6) is 0 Å². The summed E-state index contributed by atoms with van der Waals surface area (Å²) in [5.74, 6) is -2.15. The van der Waals surface area contributed by atoms with E-state index in [1.807, 2.05) is 0 Å². The van der Waals surface area contributed by atoms with Gasteiger partial charge >= 0.3 is 6.18 Å². The van der Waals surface area contributed by atoms with Gasteiger partial charge in [-0.15, -0.1) is 12.6 Å². The molecule has 0 aromatic heterocycles. The van der Waals surface area contributed by atoms with E-state index < -0.39 is 23.3 Å². The van der Waals surface area contributed by atoms with E-state index in [-0.39, 0.29) is 11.0 Å². The molecule has 6 heteroatoms.